The van der Waals surface area contributed by atoms with Crippen LogP contribution in [-0.2, 0) is 5.88 Å². The molecule has 0 saturated heterocycles. The number of alkyl halides is 1. The Hall–Kier alpha value is -1.69. The molecule has 0 aliphatic rings. The van der Waals surface area contributed by atoms with Gasteiger partial charge in [-0.25, -0.2) is 0 Å². The Morgan fingerprint density at radius 2 is 1.83 bits per heavy atom. The van der Waals surface area contributed by atoms with Crippen molar-refractivity contribution in [1.82, 2.24) is 0 Å². The molecule has 0 bridgehead atoms. The Kier molecular flexibility index (Phi) is 4.09. The first-order chi connectivity index (χ1) is 8.72. The maximum atomic E-state index is 9.07. The first kappa shape index (κ1) is 12.8. The number of hydrogen-bond acceptors (Lipinski definition) is 2. The Bertz CT molecular complexity index is 588. The fourth-order valence-corrected chi connectivity index (χ4v) is 1.76. The standard InChI is InChI=1S/C14H9Cl2NO/c15-8-10-1-6-14(11(7-10)9-17)18-13-4-2-12(16)3-5-13/h1-7H,8H2. The van der Waals surface area contributed by atoms with E-state index in [4.69, 9.17) is 33.2 Å². The maximum absolute atomic E-state index is 9.07. The zero-order chi connectivity index (χ0) is 13.0. The van der Waals surface area contributed by atoms with Gasteiger partial charge in [-0.2, -0.15) is 5.26 Å². The van der Waals surface area contributed by atoms with Gasteiger partial charge in [0.1, 0.15) is 17.6 Å². The van der Waals surface area contributed by atoms with Gasteiger partial charge in [0.15, 0.2) is 0 Å². The van der Waals surface area contributed by atoms with E-state index < -0.39 is 0 Å². The molecule has 0 fully saturated rings. The normalized spacial score (nSPS) is 9.83. The molecule has 0 saturated carbocycles. The molecule has 0 aliphatic carbocycles. The summed E-state index contributed by atoms with van der Waals surface area (Å²) in [7, 11) is 0. The Morgan fingerprint density at radius 3 is 2.44 bits per heavy atom. The average molecular weight is 278 g/mol. The number of halogens is 2. The molecule has 0 N–H and O–H groups in total. The predicted molar refractivity (Wildman–Crippen MR) is 72.2 cm³/mol. The molecule has 2 aromatic rings. The lowest BCUT2D eigenvalue weighted by atomic mass is 10.1. The van der Waals surface area contributed by atoms with Crippen molar-refractivity contribution in [2.24, 2.45) is 0 Å². The monoisotopic (exact) mass is 277 g/mol. The van der Waals surface area contributed by atoms with Gasteiger partial charge in [-0.1, -0.05) is 17.7 Å². The molecule has 0 amide bonds. The van der Waals surface area contributed by atoms with E-state index in [9.17, 15) is 0 Å². The van der Waals surface area contributed by atoms with E-state index in [0.717, 1.165) is 5.56 Å². The summed E-state index contributed by atoms with van der Waals surface area (Å²) in [5.74, 6) is 1.51. The summed E-state index contributed by atoms with van der Waals surface area (Å²) in [6, 6.07) is 14.3. The van der Waals surface area contributed by atoms with Crippen molar-refractivity contribution in [2.45, 2.75) is 5.88 Å². The van der Waals surface area contributed by atoms with E-state index >= 15 is 0 Å². The smallest absolute Gasteiger partial charge is 0.145 e. The van der Waals surface area contributed by atoms with Crippen LogP contribution in [-0.4, -0.2) is 0 Å². The zero-order valence-electron chi connectivity index (χ0n) is 9.36. The molecule has 0 heterocycles. The van der Waals surface area contributed by atoms with Crippen LogP contribution < -0.4 is 4.74 Å². The number of nitriles is 1. The van der Waals surface area contributed by atoms with Gasteiger partial charge in [-0.3, -0.25) is 0 Å². The molecule has 0 spiro atoms. The molecule has 2 rings (SSSR count). The maximum Gasteiger partial charge on any atom is 0.145 e. The molecular weight excluding hydrogens is 269 g/mol. The number of benzene rings is 2. The van der Waals surface area contributed by atoms with Crippen LogP contribution in [0.2, 0.25) is 5.02 Å². The third kappa shape index (κ3) is 2.95. The van der Waals surface area contributed by atoms with Gasteiger partial charge >= 0.3 is 0 Å². The highest BCUT2D eigenvalue weighted by molar-refractivity contribution is 6.30. The molecular formula is C14H9Cl2NO. The van der Waals surface area contributed by atoms with Gasteiger partial charge in [0.2, 0.25) is 0 Å². The van der Waals surface area contributed by atoms with Crippen LogP contribution in [0.15, 0.2) is 42.5 Å². The van der Waals surface area contributed by atoms with Crippen LogP contribution in [0.1, 0.15) is 11.1 Å². The van der Waals surface area contributed by atoms with Crippen LogP contribution in [0.3, 0.4) is 0 Å². The Labute approximate surface area is 115 Å². The highest BCUT2D eigenvalue weighted by atomic mass is 35.5. The topological polar surface area (TPSA) is 33.0 Å². The minimum absolute atomic E-state index is 0.371. The van der Waals surface area contributed by atoms with Gasteiger partial charge in [-0.15, -0.1) is 11.6 Å². The largest absolute Gasteiger partial charge is 0.456 e. The molecule has 0 aliphatic heterocycles. The number of nitrogens with zero attached hydrogens (tertiary/aromatic N) is 1. The molecule has 0 atom stereocenters. The molecule has 4 heteroatoms. The fraction of sp³-hybridized carbons (Fsp3) is 0.0714. The number of ether oxygens (including phenoxy) is 1. The molecule has 0 unspecified atom stereocenters. The van der Waals surface area contributed by atoms with Crippen molar-refractivity contribution in [3.05, 3.63) is 58.6 Å². The highest BCUT2D eigenvalue weighted by Crippen LogP contribution is 2.27. The fourth-order valence-electron chi connectivity index (χ4n) is 1.47. The van der Waals surface area contributed by atoms with Gasteiger partial charge in [0, 0.05) is 10.9 Å². The summed E-state index contributed by atoms with van der Waals surface area (Å²) >= 11 is 11.5. The third-order valence-electron chi connectivity index (χ3n) is 2.36. The van der Waals surface area contributed by atoms with E-state index in [1.165, 1.54) is 0 Å². The number of rotatable bonds is 3. The van der Waals surface area contributed by atoms with E-state index in [1.807, 2.05) is 6.07 Å². The predicted octanol–water partition coefficient (Wildman–Crippen LogP) is 4.74. The zero-order valence-corrected chi connectivity index (χ0v) is 10.9. The summed E-state index contributed by atoms with van der Waals surface area (Å²) in [6.07, 6.45) is 0. The van der Waals surface area contributed by atoms with Crippen molar-refractivity contribution in [3.8, 4) is 17.6 Å². The van der Waals surface area contributed by atoms with Crippen molar-refractivity contribution in [1.29, 1.82) is 5.26 Å². The SMILES string of the molecule is N#Cc1cc(CCl)ccc1Oc1ccc(Cl)cc1. The summed E-state index contributed by atoms with van der Waals surface area (Å²) in [6.45, 7) is 0. The van der Waals surface area contributed by atoms with E-state index in [0.29, 0.717) is 28.0 Å². The first-order valence-electron chi connectivity index (χ1n) is 5.25. The molecule has 90 valence electrons. The average Bonchev–Trinajstić information content (AvgIpc) is 2.41. The van der Waals surface area contributed by atoms with Crippen LogP contribution in [0, 0.1) is 11.3 Å². The second-order valence-electron chi connectivity index (χ2n) is 3.63. The van der Waals surface area contributed by atoms with Crippen LogP contribution in [0.4, 0.5) is 0 Å². The van der Waals surface area contributed by atoms with E-state index in [1.54, 1.807) is 36.4 Å². The van der Waals surface area contributed by atoms with Gasteiger partial charge < -0.3 is 4.74 Å². The van der Waals surface area contributed by atoms with Crippen LogP contribution >= 0.6 is 23.2 Å². The van der Waals surface area contributed by atoms with Crippen molar-refractivity contribution in [3.63, 3.8) is 0 Å². The van der Waals surface area contributed by atoms with Crippen molar-refractivity contribution in [2.75, 3.05) is 0 Å². The summed E-state index contributed by atoms with van der Waals surface area (Å²) in [5, 5.41) is 9.71. The lowest BCUT2D eigenvalue weighted by Gasteiger charge is -2.08. The van der Waals surface area contributed by atoms with Crippen molar-refractivity contribution < 1.29 is 4.74 Å². The Morgan fingerprint density at radius 1 is 1.11 bits per heavy atom. The second-order valence-corrected chi connectivity index (χ2v) is 4.34. The summed E-state index contributed by atoms with van der Waals surface area (Å²) in [5.41, 5.74) is 1.35. The van der Waals surface area contributed by atoms with Gasteiger partial charge in [-0.05, 0) is 42.0 Å². The molecule has 18 heavy (non-hydrogen) atoms. The highest BCUT2D eigenvalue weighted by Gasteiger charge is 2.06. The molecule has 0 aromatic heterocycles. The van der Waals surface area contributed by atoms with Crippen LogP contribution in [0.25, 0.3) is 0 Å². The minimum atomic E-state index is 0.371. The lowest BCUT2D eigenvalue weighted by molar-refractivity contribution is 0.481. The minimum Gasteiger partial charge on any atom is -0.456 e. The number of hydrogen-bond donors (Lipinski definition) is 0. The third-order valence-corrected chi connectivity index (χ3v) is 2.92. The van der Waals surface area contributed by atoms with Gasteiger partial charge in [0.05, 0.1) is 5.56 Å². The summed E-state index contributed by atoms with van der Waals surface area (Å²) < 4.78 is 5.63. The van der Waals surface area contributed by atoms with Gasteiger partial charge in [0.25, 0.3) is 0 Å². The lowest BCUT2D eigenvalue weighted by Crippen LogP contribution is -1.90. The second kappa shape index (κ2) is 5.77. The van der Waals surface area contributed by atoms with Crippen molar-refractivity contribution >= 4 is 23.2 Å². The van der Waals surface area contributed by atoms with E-state index in [2.05, 4.69) is 6.07 Å². The molecule has 2 nitrogen and oxygen atoms in total. The molecule has 2 aromatic carbocycles. The summed E-state index contributed by atoms with van der Waals surface area (Å²) in [4.78, 5) is 0. The van der Waals surface area contributed by atoms with E-state index in [-0.39, 0.29) is 0 Å². The quantitative estimate of drug-likeness (QED) is 0.759. The Balaban J connectivity index is 2.29. The van der Waals surface area contributed by atoms with Crippen LogP contribution in [0.5, 0.6) is 11.5 Å². The first-order valence-corrected chi connectivity index (χ1v) is 6.16. The molecule has 0 radical (unpaired) electrons.